The van der Waals surface area contributed by atoms with Crippen LogP contribution in [0.4, 0.5) is 0 Å². The van der Waals surface area contributed by atoms with Crippen molar-refractivity contribution in [3.05, 3.63) is 35.9 Å². The summed E-state index contributed by atoms with van der Waals surface area (Å²) in [5.74, 6) is 1.05. The van der Waals surface area contributed by atoms with Gasteiger partial charge >= 0.3 is 0 Å². The minimum atomic E-state index is -0.0238. The Hall–Kier alpha value is -1.59. The van der Waals surface area contributed by atoms with Crippen molar-refractivity contribution in [2.45, 2.75) is 32.1 Å². The van der Waals surface area contributed by atoms with Gasteiger partial charge in [0.1, 0.15) is 0 Å². The van der Waals surface area contributed by atoms with Gasteiger partial charge in [-0.2, -0.15) is 0 Å². The Morgan fingerprint density at radius 2 is 1.74 bits per heavy atom. The van der Waals surface area contributed by atoms with Crippen molar-refractivity contribution in [1.29, 1.82) is 0 Å². The standard InChI is InChI=1S/C21H31N3O2.ClH/c1-22-15-18-9-12-23(13-10-18)21(26)19-8-5-11-24(16-19)20(25)14-17-6-3-2-4-7-17;/h2-4,6-7,18-19,22H,5,8-16H2,1H3;1H. The first-order valence-electron chi connectivity index (χ1n) is 9.92. The summed E-state index contributed by atoms with van der Waals surface area (Å²) in [7, 11) is 1.99. The van der Waals surface area contributed by atoms with Crippen LogP contribution >= 0.6 is 12.4 Å². The highest BCUT2D eigenvalue weighted by atomic mass is 35.5. The average Bonchev–Trinajstić information content (AvgIpc) is 2.69. The molecule has 5 nitrogen and oxygen atoms in total. The molecule has 2 aliphatic heterocycles. The van der Waals surface area contributed by atoms with E-state index in [0.29, 0.717) is 18.9 Å². The fraction of sp³-hybridized carbons (Fsp3) is 0.619. The Kier molecular flexibility index (Phi) is 8.58. The fourth-order valence-corrected chi connectivity index (χ4v) is 4.19. The van der Waals surface area contributed by atoms with E-state index in [1.54, 1.807) is 0 Å². The zero-order valence-electron chi connectivity index (χ0n) is 16.2. The lowest BCUT2D eigenvalue weighted by molar-refractivity contribution is -0.141. The number of benzene rings is 1. The third-order valence-corrected chi connectivity index (χ3v) is 5.74. The molecule has 27 heavy (non-hydrogen) atoms. The van der Waals surface area contributed by atoms with Crippen molar-refractivity contribution in [2.75, 3.05) is 39.8 Å². The first kappa shape index (κ1) is 21.7. The van der Waals surface area contributed by atoms with E-state index in [9.17, 15) is 9.59 Å². The summed E-state index contributed by atoms with van der Waals surface area (Å²) in [4.78, 5) is 29.5. The van der Waals surface area contributed by atoms with Gasteiger partial charge in [0, 0.05) is 26.2 Å². The van der Waals surface area contributed by atoms with Crippen molar-refractivity contribution in [3.63, 3.8) is 0 Å². The van der Waals surface area contributed by atoms with Crippen LogP contribution in [0, 0.1) is 11.8 Å². The predicted molar refractivity (Wildman–Crippen MR) is 110 cm³/mol. The summed E-state index contributed by atoms with van der Waals surface area (Å²) >= 11 is 0. The van der Waals surface area contributed by atoms with E-state index < -0.39 is 0 Å². The van der Waals surface area contributed by atoms with Gasteiger partial charge in [0.25, 0.3) is 0 Å². The Labute approximate surface area is 168 Å². The van der Waals surface area contributed by atoms with Crippen LogP contribution < -0.4 is 5.32 Å². The van der Waals surface area contributed by atoms with Crippen molar-refractivity contribution in [3.8, 4) is 0 Å². The van der Waals surface area contributed by atoms with Gasteiger partial charge in [-0.15, -0.1) is 12.4 Å². The molecule has 2 aliphatic rings. The van der Waals surface area contributed by atoms with Crippen LogP contribution in [-0.4, -0.2) is 61.4 Å². The van der Waals surface area contributed by atoms with E-state index in [1.807, 2.05) is 47.2 Å². The highest BCUT2D eigenvalue weighted by Crippen LogP contribution is 2.23. The normalized spacial score (nSPS) is 20.9. The number of likely N-dealkylation sites (tertiary alicyclic amines) is 2. The summed E-state index contributed by atoms with van der Waals surface area (Å²) in [6, 6.07) is 9.86. The molecule has 1 atom stereocenters. The number of carbonyl (C=O) groups is 2. The number of amides is 2. The molecule has 2 heterocycles. The van der Waals surface area contributed by atoms with Crippen molar-refractivity contribution in [2.24, 2.45) is 11.8 Å². The lowest BCUT2D eigenvalue weighted by atomic mass is 9.92. The molecule has 150 valence electrons. The zero-order valence-corrected chi connectivity index (χ0v) is 17.0. The lowest BCUT2D eigenvalue weighted by Gasteiger charge is -2.38. The maximum absolute atomic E-state index is 12.9. The first-order chi connectivity index (χ1) is 12.7. The van der Waals surface area contributed by atoms with Gasteiger partial charge in [0.15, 0.2) is 0 Å². The van der Waals surface area contributed by atoms with E-state index in [-0.39, 0.29) is 30.1 Å². The van der Waals surface area contributed by atoms with Crippen LogP contribution in [0.25, 0.3) is 0 Å². The molecule has 2 fully saturated rings. The maximum atomic E-state index is 12.9. The van der Waals surface area contributed by atoms with Crippen LogP contribution in [0.3, 0.4) is 0 Å². The van der Waals surface area contributed by atoms with Gasteiger partial charge in [0.2, 0.25) is 11.8 Å². The van der Waals surface area contributed by atoms with Crippen LogP contribution in [0.2, 0.25) is 0 Å². The van der Waals surface area contributed by atoms with Crippen molar-refractivity contribution < 1.29 is 9.59 Å². The number of halogens is 1. The molecule has 0 radical (unpaired) electrons. The summed E-state index contributed by atoms with van der Waals surface area (Å²) in [5, 5.41) is 3.24. The third-order valence-electron chi connectivity index (χ3n) is 5.74. The van der Waals surface area contributed by atoms with Gasteiger partial charge in [-0.25, -0.2) is 0 Å². The molecule has 1 unspecified atom stereocenters. The molecule has 3 rings (SSSR count). The molecule has 1 N–H and O–H groups in total. The van der Waals surface area contributed by atoms with Crippen molar-refractivity contribution in [1.82, 2.24) is 15.1 Å². The second kappa shape index (κ2) is 10.7. The number of nitrogens with zero attached hydrogens (tertiary/aromatic N) is 2. The summed E-state index contributed by atoms with van der Waals surface area (Å²) < 4.78 is 0. The smallest absolute Gasteiger partial charge is 0.227 e. The number of piperidine rings is 2. The largest absolute Gasteiger partial charge is 0.342 e. The topological polar surface area (TPSA) is 52.7 Å². The van der Waals surface area contributed by atoms with Gasteiger partial charge < -0.3 is 15.1 Å². The van der Waals surface area contributed by atoms with Gasteiger partial charge in [-0.3, -0.25) is 9.59 Å². The predicted octanol–water partition coefficient (Wildman–Crippen LogP) is 2.35. The van der Waals surface area contributed by atoms with Gasteiger partial charge in [0.05, 0.1) is 12.3 Å². The van der Waals surface area contributed by atoms with E-state index in [2.05, 4.69) is 5.32 Å². The minimum absolute atomic E-state index is 0. The van der Waals surface area contributed by atoms with Gasteiger partial charge in [-0.1, -0.05) is 30.3 Å². The third kappa shape index (κ3) is 5.94. The fourth-order valence-electron chi connectivity index (χ4n) is 4.19. The monoisotopic (exact) mass is 393 g/mol. The van der Waals surface area contributed by atoms with E-state index in [4.69, 9.17) is 0 Å². The minimum Gasteiger partial charge on any atom is -0.342 e. The molecule has 0 aromatic heterocycles. The molecule has 0 bridgehead atoms. The van der Waals surface area contributed by atoms with Crippen LogP contribution in [-0.2, 0) is 16.0 Å². The molecule has 2 amide bonds. The Balaban J connectivity index is 0.00000261. The number of hydrogen-bond acceptors (Lipinski definition) is 3. The molecule has 1 aromatic carbocycles. The number of hydrogen-bond donors (Lipinski definition) is 1. The highest BCUT2D eigenvalue weighted by molar-refractivity contribution is 5.85. The number of nitrogens with one attached hydrogen (secondary N) is 1. The second-order valence-corrected chi connectivity index (χ2v) is 7.67. The number of carbonyl (C=O) groups excluding carboxylic acids is 2. The molecule has 6 heteroatoms. The Bertz CT molecular complexity index is 603. The molecule has 0 spiro atoms. The quantitative estimate of drug-likeness (QED) is 0.835. The number of rotatable bonds is 5. The maximum Gasteiger partial charge on any atom is 0.227 e. The molecular weight excluding hydrogens is 362 g/mol. The molecule has 2 saturated heterocycles. The second-order valence-electron chi connectivity index (χ2n) is 7.67. The van der Waals surface area contributed by atoms with Crippen LogP contribution in [0.15, 0.2) is 30.3 Å². The molecule has 0 saturated carbocycles. The summed E-state index contributed by atoms with van der Waals surface area (Å²) in [6.07, 6.45) is 4.42. The molecule has 0 aliphatic carbocycles. The lowest BCUT2D eigenvalue weighted by Crippen LogP contribution is -2.49. The Morgan fingerprint density at radius 1 is 1.04 bits per heavy atom. The zero-order chi connectivity index (χ0) is 18.4. The van der Waals surface area contributed by atoms with Crippen molar-refractivity contribution >= 4 is 24.2 Å². The summed E-state index contributed by atoms with van der Waals surface area (Å²) in [6.45, 7) is 4.12. The summed E-state index contributed by atoms with van der Waals surface area (Å²) in [5.41, 5.74) is 1.04. The highest BCUT2D eigenvalue weighted by Gasteiger charge is 2.32. The molecular formula is C21H32ClN3O2. The Morgan fingerprint density at radius 3 is 2.41 bits per heavy atom. The first-order valence-corrected chi connectivity index (χ1v) is 9.92. The average molecular weight is 394 g/mol. The van der Waals surface area contributed by atoms with E-state index in [1.165, 1.54) is 0 Å². The van der Waals surface area contributed by atoms with E-state index >= 15 is 0 Å². The SMILES string of the molecule is CNCC1CCN(C(=O)C2CCCN(C(=O)Cc3ccccc3)C2)CC1.Cl. The van der Waals surface area contributed by atoms with E-state index in [0.717, 1.165) is 57.4 Å². The van der Waals surface area contributed by atoms with Gasteiger partial charge in [-0.05, 0) is 50.8 Å². The molecule has 1 aromatic rings. The van der Waals surface area contributed by atoms with Crippen LogP contribution in [0.1, 0.15) is 31.2 Å². The van der Waals surface area contributed by atoms with Crippen LogP contribution in [0.5, 0.6) is 0 Å².